The number of halogens is 2. The number of nitrogens with zero attached hydrogens (tertiary/aromatic N) is 2. The average molecular weight is 368 g/mol. The van der Waals surface area contributed by atoms with Crippen molar-refractivity contribution in [3.63, 3.8) is 0 Å². The van der Waals surface area contributed by atoms with Crippen molar-refractivity contribution in [1.82, 2.24) is 4.98 Å². The van der Waals surface area contributed by atoms with Crippen LogP contribution in [0, 0.1) is 25.2 Å². The van der Waals surface area contributed by atoms with Gasteiger partial charge in [0.2, 0.25) is 0 Å². The third kappa shape index (κ3) is 3.32. The summed E-state index contributed by atoms with van der Waals surface area (Å²) in [6.07, 6.45) is 0. The van der Waals surface area contributed by atoms with Crippen LogP contribution in [0.4, 0.5) is 5.82 Å². The SMILES string of the molecule is Cc1ccc(C)c(-c2cc(-c3cc(Cl)ccc3Cl)nc(N)c2C#N)c1. The molecule has 3 aromatic rings. The van der Waals surface area contributed by atoms with Crippen molar-refractivity contribution in [3.8, 4) is 28.5 Å². The van der Waals surface area contributed by atoms with E-state index in [4.69, 9.17) is 28.9 Å². The van der Waals surface area contributed by atoms with Crippen LogP contribution in [0.2, 0.25) is 10.0 Å². The molecule has 5 heteroatoms. The standard InChI is InChI=1S/C20H15Cl2N3/c1-11-3-4-12(2)14(7-11)15-9-19(25-20(24)17(15)10-23)16-8-13(21)5-6-18(16)22/h3-9H,1-2H3,(H2,24,25). The second-order valence-electron chi connectivity index (χ2n) is 5.87. The van der Waals surface area contributed by atoms with Crippen molar-refractivity contribution in [2.75, 3.05) is 5.73 Å². The fourth-order valence-electron chi connectivity index (χ4n) is 2.75. The van der Waals surface area contributed by atoms with E-state index >= 15 is 0 Å². The van der Waals surface area contributed by atoms with Crippen LogP contribution >= 0.6 is 23.2 Å². The number of anilines is 1. The zero-order valence-electron chi connectivity index (χ0n) is 13.8. The number of aryl methyl sites for hydroxylation is 2. The molecule has 0 bridgehead atoms. The molecule has 0 atom stereocenters. The molecule has 0 aliphatic carbocycles. The zero-order valence-corrected chi connectivity index (χ0v) is 15.3. The van der Waals surface area contributed by atoms with E-state index in [9.17, 15) is 5.26 Å². The Balaban J connectivity index is 2.32. The molecule has 0 spiro atoms. The summed E-state index contributed by atoms with van der Waals surface area (Å²) in [5, 5.41) is 10.6. The van der Waals surface area contributed by atoms with Gasteiger partial charge in [-0.3, -0.25) is 0 Å². The van der Waals surface area contributed by atoms with E-state index in [1.165, 1.54) is 0 Å². The Labute approximate surface area is 156 Å². The Hall–Kier alpha value is -2.54. The van der Waals surface area contributed by atoms with Gasteiger partial charge in [0, 0.05) is 16.1 Å². The summed E-state index contributed by atoms with van der Waals surface area (Å²) in [5.74, 6) is 0.173. The van der Waals surface area contributed by atoms with Crippen molar-refractivity contribution in [2.24, 2.45) is 0 Å². The van der Waals surface area contributed by atoms with Gasteiger partial charge in [-0.05, 0) is 49.2 Å². The number of aromatic nitrogens is 1. The maximum Gasteiger partial charge on any atom is 0.142 e. The van der Waals surface area contributed by atoms with Gasteiger partial charge in [0.1, 0.15) is 17.5 Å². The predicted octanol–water partition coefficient (Wildman–Crippen LogP) is 5.79. The Kier molecular flexibility index (Phi) is 4.67. The molecule has 0 unspecified atom stereocenters. The highest BCUT2D eigenvalue weighted by Gasteiger charge is 2.16. The van der Waals surface area contributed by atoms with Crippen molar-refractivity contribution in [2.45, 2.75) is 13.8 Å². The van der Waals surface area contributed by atoms with Crippen LogP contribution < -0.4 is 5.73 Å². The van der Waals surface area contributed by atoms with Crippen LogP contribution in [0.5, 0.6) is 0 Å². The van der Waals surface area contributed by atoms with Crippen LogP contribution in [0.15, 0.2) is 42.5 Å². The van der Waals surface area contributed by atoms with Crippen LogP contribution in [0.1, 0.15) is 16.7 Å². The topological polar surface area (TPSA) is 62.7 Å². The fourth-order valence-corrected chi connectivity index (χ4v) is 3.14. The number of nitrogens with two attached hydrogens (primary N) is 1. The molecule has 0 saturated carbocycles. The fraction of sp³-hybridized carbons (Fsp3) is 0.100. The Bertz CT molecular complexity index is 1020. The minimum atomic E-state index is 0.173. The third-order valence-corrected chi connectivity index (χ3v) is 4.61. The van der Waals surface area contributed by atoms with Crippen LogP contribution in [-0.4, -0.2) is 4.98 Å². The van der Waals surface area contributed by atoms with E-state index in [1.54, 1.807) is 18.2 Å². The molecule has 0 amide bonds. The molecule has 0 aliphatic rings. The second kappa shape index (κ2) is 6.76. The van der Waals surface area contributed by atoms with Gasteiger partial charge in [-0.25, -0.2) is 4.98 Å². The highest BCUT2D eigenvalue weighted by molar-refractivity contribution is 6.35. The third-order valence-electron chi connectivity index (χ3n) is 4.05. The molecule has 0 aliphatic heterocycles. The highest BCUT2D eigenvalue weighted by atomic mass is 35.5. The molecule has 1 aromatic heterocycles. The van der Waals surface area contributed by atoms with E-state index in [0.717, 1.165) is 22.3 Å². The maximum atomic E-state index is 9.56. The van der Waals surface area contributed by atoms with Gasteiger partial charge in [0.25, 0.3) is 0 Å². The smallest absolute Gasteiger partial charge is 0.142 e. The first-order valence-electron chi connectivity index (χ1n) is 7.64. The first-order chi connectivity index (χ1) is 11.9. The van der Waals surface area contributed by atoms with Gasteiger partial charge in [-0.15, -0.1) is 0 Å². The molecule has 0 radical (unpaired) electrons. The second-order valence-corrected chi connectivity index (χ2v) is 6.71. The first-order valence-corrected chi connectivity index (χ1v) is 8.40. The molecule has 0 saturated heterocycles. The quantitative estimate of drug-likeness (QED) is 0.622. The Morgan fingerprint density at radius 2 is 1.72 bits per heavy atom. The summed E-state index contributed by atoms with van der Waals surface area (Å²) in [6.45, 7) is 4.01. The molecule has 2 N–H and O–H groups in total. The molecule has 124 valence electrons. The van der Waals surface area contributed by atoms with Crippen molar-refractivity contribution in [1.29, 1.82) is 5.26 Å². The molecule has 25 heavy (non-hydrogen) atoms. The lowest BCUT2D eigenvalue weighted by Crippen LogP contribution is -2.01. The van der Waals surface area contributed by atoms with Crippen LogP contribution in [0.25, 0.3) is 22.4 Å². The van der Waals surface area contributed by atoms with E-state index in [2.05, 4.69) is 11.1 Å². The van der Waals surface area contributed by atoms with E-state index in [1.807, 2.05) is 38.1 Å². The molecule has 2 aromatic carbocycles. The molecule has 3 rings (SSSR count). The zero-order chi connectivity index (χ0) is 18.1. The normalized spacial score (nSPS) is 10.5. The summed E-state index contributed by atoms with van der Waals surface area (Å²) in [7, 11) is 0. The summed E-state index contributed by atoms with van der Waals surface area (Å²) < 4.78 is 0. The van der Waals surface area contributed by atoms with Gasteiger partial charge >= 0.3 is 0 Å². The lowest BCUT2D eigenvalue weighted by molar-refractivity contribution is 1.30. The minimum absolute atomic E-state index is 0.173. The van der Waals surface area contributed by atoms with E-state index in [-0.39, 0.29) is 5.82 Å². The number of hydrogen-bond donors (Lipinski definition) is 1. The first kappa shape index (κ1) is 17.3. The highest BCUT2D eigenvalue weighted by Crippen LogP contribution is 2.36. The number of nitrogen functional groups attached to an aromatic ring is 1. The van der Waals surface area contributed by atoms with E-state index < -0.39 is 0 Å². The summed E-state index contributed by atoms with van der Waals surface area (Å²) in [4.78, 5) is 4.37. The van der Waals surface area contributed by atoms with Crippen molar-refractivity contribution in [3.05, 3.63) is 69.2 Å². The minimum Gasteiger partial charge on any atom is -0.383 e. The molecule has 3 nitrogen and oxygen atoms in total. The molecular weight excluding hydrogens is 353 g/mol. The number of benzene rings is 2. The van der Waals surface area contributed by atoms with Crippen molar-refractivity contribution < 1.29 is 0 Å². The summed E-state index contributed by atoms with van der Waals surface area (Å²) >= 11 is 12.4. The molecule has 0 fully saturated rings. The van der Waals surface area contributed by atoms with Gasteiger partial charge in [-0.2, -0.15) is 5.26 Å². The van der Waals surface area contributed by atoms with Crippen molar-refractivity contribution >= 4 is 29.0 Å². The van der Waals surface area contributed by atoms with Gasteiger partial charge in [0.05, 0.1) is 10.7 Å². The van der Waals surface area contributed by atoms with Crippen LogP contribution in [-0.2, 0) is 0 Å². The largest absolute Gasteiger partial charge is 0.383 e. The molecular formula is C20H15Cl2N3. The Morgan fingerprint density at radius 1 is 0.960 bits per heavy atom. The van der Waals surface area contributed by atoms with E-state index in [0.29, 0.717) is 26.9 Å². The molecule has 1 heterocycles. The average Bonchev–Trinajstić information content (AvgIpc) is 2.58. The Morgan fingerprint density at radius 3 is 2.44 bits per heavy atom. The predicted molar refractivity (Wildman–Crippen MR) is 104 cm³/mol. The van der Waals surface area contributed by atoms with Gasteiger partial charge in [-0.1, -0.05) is 47.0 Å². The number of rotatable bonds is 2. The van der Waals surface area contributed by atoms with Gasteiger partial charge < -0.3 is 5.73 Å². The number of pyridine rings is 1. The summed E-state index contributed by atoms with van der Waals surface area (Å²) in [5.41, 5.74) is 11.5. The monoisotopic (exact) mass is 367 g/mol. The lowest BCUT2D eigenvalue weighted by Gasteiger charge is -2.13. The number of hydrogen-bond acceptors (Lipinski definition) is 3. The van der Waals surface area contributed by atoms with Gasteiger partial charge in [0.15, 0.2) is 0 Å². The lowest BCUT2D eigenvalue weighted by atomic mass is 9.94. The summed E-state index contributed by atoms with van der Waals surface area (Å²) in [6, 6.07) is 15.3. The number of nitriles is 1. The van der Waals surface area contributed by atoms with Crippen LogP contribution in [0.3, 0.4) is 0 Å². The maximum absolute atomic E-state index is 9.56.